The van der Waals surface area contributed by atoms with E-state index in [4.69, 9.17) is 4.74 Å². The number of methoxy groups -OCH3 is 1. The Morgan fingerprint density at radius 1 is 1.08 bits per heavy atom. The van der Waals surface area contributed by atoms with E-state index in [1.807, 2.05) is 45.0 Å². The topological polar surface area (TPSA) is 58.6 Å². The molecule has 5 heteroatoms. The van der Waals surface area contributed by atoms with Gasteiger partial charge in [-0.15, -0.1) is 0 Å². The van der Waals surface area contributed by atoms with Crippen LogP contribution in [0.1, 0.15) is 30.0 Å². The lowest BCUT2D eigenvalue weighted by atomic mass is 10.0. The molecule has 138 valence electrons. The van der Waals surface area contributed by atoms with Crippen molar-refractivity contribution in [1.82, 2.24) is 0 Å². The number of nitrogens with one attached hydrogen (secondary N) is 1. The molecule has 26 heavy (non-hydrogen) atoms. The van der Waals surface area contributed by atoms with Crippen molar-refractivity contribution in [3.8, 4) is 5.75 Å². The first kappa shape index (κ1) is 19.5. The fourth-order valence-electron chi connectivity index (χ4n) is 3.20. The van der Waals surface area contributed by atoms with E-state index in [2.05, 4.69) is 5.32 Å². The first-order valence-corrected chi connectivity index (χ1v) is 8.62. The summed E-state index contributed by atoms with van der Waals surface area (Å²) in [4.78, 5) is 26.2. The van der Waals surface area contributed by atoms with Crippen LogP contribution >= 0.6 is 0 Å². The number of rotatable bonds is 6. The molecule has 0 saturated heterocycles. The van der Waals surface area contributed by atoms with Crippen LogP contribution in [0.25, 0.3) is 0 Å². The molecule has 0 bridgehead atoms. The van der Waals surface area contributed by atoms with Gasteiger partial charge in [-0.3, -0.25) is 9.59 Å². The van der Waals surface area contributed by atoms with Gasteiger partial charge in [0.1, 0.15) is 5.75 Å². The number of hydrogen-bond donors (Lipinski definition) is 1. The van der Waals surface area contributed by atoms with Crippen LogP contribution in [0.15, 0.2) is 36.4 Å². The highest BCUT2D eigenvalue weighted by Crippen LogP contribution is 2.27. The number of carbonyl (C=O) groups is 2. The lowest BCUT2D eigenvalue weighted by molar-refractivity contribution is -0.117. The van der Waals surface area contributed by atoms with Crippen LogP contribution in [0.3, 0.4) is 0 Å². The van der Waals surface area contributed by atoms with Crippen molar-refractivity contribution < 1.29 is 14.3 Å². The van der Waals surface area contributed by atoms with E-state index in [1.165, 1.54) is 6.92 Å². The van der Waals surface area contributed by atoms with E-state index in [0.29, 0.717) is 18.0 Å². The number of aryl methyl sites for hydroxylation is 3. The van der Waals surface area contributed by atoms with Crippen LogP contribution in [-0.4, -0.2) is 25.5 Å². The zero-order valence-corrected chi connectivity index (χ0v) is 16.1. The summed E-state index contributed by atoms with van der Waals surface area (Å²) in [6, 6.07) is 11.3. The van der Waals surface area contributed by atoms with Gasteiger partial charge in [-0.25, -0.2) is 0 Å². The van der Waals surface area contributed by atoms with Crippen LogP contribution < -0.4 is 15.0 Å². The number of anilines is 2. The van der Waals surface area contributed by atoms with Crippen LogP contribution in [-0.2, 0) is 9.59 Å². The molecule has 5 nitrogen and oxygen atoms in total. The number of amides is 2. The predicted molar refractivity (Wildman–Crippen MR) is 105 cm³/mol. The molecule has 0 aliphatic heterocycles. The van der Waals surface area contributed by atoms with Crippen molar-refractivity contribution in [2.24, 2.45) is 0 Å². The summed E-state index contributed by atoms with van der Waals surface area (Å²) in [7, 11) is 1.56. The number of hydrogen-bond acceptors (Lipinski definition) is 3. The van der Waals surface area contributed by atoms with Crippen LogP contribution in [0, 0.1) is 20.8 Å². The van der Waals surface area contributed by atoms with Gasteiger partial charge in [0.15, 0.2) is 0 Å². The Balaban J connectivity index is 2.12. The monoisotopic (exact) mass is 354 g/mol. The Bertz CT molecular complexity index is 792. The van der Waals surface area contributed by atoms with E-state index in [1.54, 1.807) is 24.1 Å². The molecule has 0 aliphatic rings. The smallest absolute Gasteiger partial charge is 0.226 e. The Morgan fingerprint density at radius 2 is 1.69 bits per heavy atom. The van der Waals surface area contributed by atoms with Gasteiger partial charge in [-0.1, -0.05) is 29.8 Å². The maximum Gasteiger partial charge on any atom is 0.226 e. The van der Waals surface area contributed by atoms with E-state index < -0.39 is 0 Å². The van der Waals surface area contributed by atoms with Gasteiger partial charge in [-0.2, -0.15) is 0 Å². The lowest BCUT2D eigenvalue weighted by Gasteiger charge is -2.25. The number of ether oxygens (including phenoxy) is 1. The van der Waals surface area contributed by atoms with Gasteiger partial charge >= 0.3 is 0 Å². The summed E-state index contributed by atoms with van der Waals surface area (Å²) < 4.78 is 5.24. The quantitative estimate of drug-likeness (QED) is 0.853. The molecular weight excluding hydrogens is 328 g/mol. The minimum atomic E-state index is -0.164. The molecule has 2 rings (SSSR count). The highest BCUT2D eigenvalue weighted by atomic mass is 16.5. The van der Waals surface area contributed by atoms with Crippen LogP contribution in [0.5, 0.6) is 5.75 Å². The maximum atomic E-state index is 12.4. The largest absolute Gasteiger partial charge is 0.495 e. The van der Waals surface area contributed by atoms with Crippen molar-refractivity contribution >= 4 is 23.2 Å². The van der Waals surface area contributed by atoms with Crippen molar-refractivity contribution in [2.45, 2.75) is 34.1 Å². The normalized spacial score (nSPS) is 10.3. The molecule has 1 N–H and O–H groups in total. The molecule has 0 fully saturated rings. The second-order valence-electron chi connectivity index (χ2n) is 6.42. The van der Waals surface area contributed by atoms with Crippen LogP contribution in [0.4, 0.5) is 11.4 Å². The minimum absolute atomic E-state index is 0.0786. The molecule has 0 aliphatic carbocycles. The minimum Gasteiger partial charge on any atom is -0.495 e. The molecule has 0 heterocycles. The fraction of sp³-hybridized carbons (Fsp3) is 0.333. The van der Waals surface area contributed by atoms with Gasteiger partial charge in [0.2, 0.25) is 11.8 Å². The standard InChI is InChI=1S/C21H26N2O3/c1-14-12-15(2)21(16(3)13-14)23(17(4)24)11-10-20(25)22-18-8-6-7-9-19(18)26-5/h6-9,12-13H,10-11H2,1-5H3,(H,22,25). The van der Waals surface area contributed by atoms with Crippen LogP contribution in [0.2, 0.25) is 0 Å². The summed E-state index contributed by atoms with van der Waals surface area (Å²) in [5, 5.41) is 2.84. The van der Waals surface area contributed by atoms with Crippen molar-refractivity contribution in [2.75, 3.05) is 23.9 Å². The molecule has 2 aromatic carbocycles. The number of carbonyl (C=O) groups excluding carboxylic acids is 2. The zero-order valence-electron chi connectivity index (χ0n) is 16.1. The average Bonchev–Trinajstić information content (AvgIpc) is 2.57. The van der Waals surface area contributed by atoms with Crippen molar-refractivity contribution in [3.63, 3.8) is 0 Å². The average molecular weight is 354 g/mol. The van der Waals surface area contributed by atoms with E-state index >= 15 is 0 Å². The van der Waals surface area contributed by atoms with Gasteiger partial charge < -0.3 is 15.0 Å². The SMILES string of the molecule is COc1ccccc1NC(=O)CCN(C(C)=O)c1c(C)cc(C)cc1C. The van der Waals surface area contributed by atoms with E-state index in [9.17, 15) is 9.59 Å². The molecular formula is C21H26N2O3. The Morgan fingerprint density at radius 3 is 2.27 bits per heavy atom. The lowest BCUT2D eigenvalue weighted by Crippen LogP contribution is -2.33. The summed E-state index contributed by atoms with van der Waals surface area (Å²) in [6.45, 7) is 7.85. The summed E-state index contributed by atoms with van der Waals surface area (Å²) in [6.07, 6.45) is 0.199. The molecule has 0 aromatic heterocycles. The van der Waals surface area contributed by atoms with Crippen molar-refractivity contribution in [3.05, 3.63) is 53.1 Å². The molecule has 0 spiro atoms. The van der Waals surface area contributed by atoms with Gasteiger partial charge in [0.05, 0.1) is 12.8 Å². The fourth-order valence-corrected chi connectivity index (χ4v) is 3.20. The summed E-state index contributed by atoms with van der Waals surface area (Å²) in [5.74, 6) is 0.364. The second kappa shape index (κ2) is 8.52. The van der Waals surface area contributed by atoms with Crippen molar-refractivity contribution in [1.29, 1.82) is 0 Å². The third-order valence-corrected chi connectivity index (χ3v) is 4.23. The number of para-hydroxylation sites is 2. The molecule has 2 amide bonds. The molecule has 0 unspecified atom stereocenters. The third kappa shape index (κ3) is 4.63. The van der Waals surface area contributed by atoms with Gasteiger partial charge in [0.25, 0.3) is 0 Å². The Labute approximate surface area is 155 Å². The second-order valence-corrected chi connectivity index (χ2v) is 6.42. The first-order chi connectivity index (χ1) is 12.3. The summed E-state index contributed by atoms with van der Waals surface area (Å²) in [5.41, 5.74) is 4.72. The molecule has 2 aromatic rings. The maximum absolute atomic E-state index is 12.4. The third-order valence-electron chi connectivity index (χ3n) is 4.23. The highest BCUT2D eigenvalue weighted by Gasteiger charge is 2.18. The molecule has 0 radical (unpaired) electrons. The zero-order chi connectivity index (χ0) is 19.3. The van der Waals surface area contributed by atoms with Gasteiger partial charge in [-0.05, 0) is 44.0 Å². The predicted octanol–water partition coefficient (Wildman–Crippen LogP) is 4.00. The Hall–Kier alpha value is -2.82. The number of benzene rings is 2. The van der Waals surface area contributed by atoms with E-state index in [0.717, 1.165) is 22.4 Å². The molecule has 0 saturated carbocycles. The van der Waals surface area contributed by atoms with Gasteiger partial charge in [0, 0.05) is 25.6 Å². The number of nitrogens with zero attached hydrogens (tertiary/aromatic N) is 1. The Kier molecular flexibility index (Phi) is 6.39. The highest BCUT2D eigenvalue weighted by molar-refractivity contribution is 5.96. The molecule has 0 atom stereocenters. The summed E-state index contributed by atoms with van der Waals surface area (Å²) >= 11 is 0. The first-order valence-electron chi connectivity index (χ1n) is 8.62. The van der Waals surface area contributed by atoms with E-state index in [-0.39, 0.29) is 18.2 Å².